The highest BCUT2D eigenvalue weighted by Gasteiger charge is 2.46. The molecule has 1 aromatic rings. The largest absolute Gasteiger partial charge is 0.479 e. The second-order valence-electron chi connectivity index (χ2n) is 2.60. The van der Waals surface area contributed by atoms with Crippen LogP contribution >= 0.6 is 0 Å². The molecule has 0 heterocycles. The van der Waals surface area contributed by atoms with Gasteiger partial charge < -0.3 is 10.2 Å². The average Bonchev–Trinajstić information content (AvgIpc) is 2.04. The average molecular weight is 150 g/mol. The van der Waals surface area contributed by atoms with Crippen molar-refractivity contribution in [2.45, 2.75) is 5.60 Å². The van der Waals surface area contributed by atoms with E-state index in [4.69, 9.17) is 5.11 Å². The molecule has 2 aliphatic rings. The van der Waals surface area contributed by atoms with Gasteiger partial charge in [0, 0.05) is 0 Å². The number of carbonyl (C=O) groups is 1. The molecule has 0 fully saturated rings. The van der Waals surface area contributed by atoms with Crippen molar-refractivity contribution in [2.24, 2.45) is 0 Å². The van der Waals surface area contributed by atoms with Crippen molar-refractivity contribution in [1.29, 1.82) is 0 Å². The number of rotatable bonds is 1. The van der Waals surface area contributed by atoms with Crippen LogP contribution in [0.5, 0.6) is 0 Å². The van der Waals surface area contributed by atoms with Crippen LogP contribution in [0.2, 0.25) is 0 Å². The quantitative estimate of drug-likeness (QED) is 0.606. The lowest BCUT2D eigenvalue weighted by Gasteiger charge is -2.32. The second kappa shape index (κ2) is 1.62. The number of carboxylic acids is 1. The third kappa shape index (κ3) is 0.539. The van der Waals surface area contributed by atoms with Gasteiger partial charge in [-0.15, -0.1) is 0 Å². The molecule has 0 saturated carbocycles. The number of aliphatic carboxylic acids is 1. The third-order valence-corrected chi connectivity index (χ3v) is 2.01. The van der Waals surface area contributed by atoms with Crippen molar-refractivity contribution in [3.8, 4) is 0 Å². The molecule has 0 aliphatic heterocycles. The van der Waals surface area contributed by atoms with E-state index < -0.39 is 11.6 Å². The number of fused-ring (bicyclic) bond motifs is 2. The van der Waals surface area contributed by atoms with Crippen LogP contribution in [-0.4, -0.2) is 16.2 Å². The van der Waals surface area contributed by atoms with Crippen LogP contribution in [0.3, 0.4) is 0 Å². The van der Waals surface area contributed by atoms with Gasteiger partial charge in [0.2, 0.25) is 5.60 Å². The smallest absolute Gasteiger partial charge is 0.345 e. The molecule has 0 radical (unpaired) electrons. The van der Waals surface area contributed by atoms with E-state index in [-0.39, 0.29) is 0 Å². The molecule has 0 spiro atoms. The fourth-order valence-corrected chi connectivity index (χ4v) is 1.31. The molecule has 2 bridgehead atoms. The van der Waals surface area contributed by atoms with Crippen molar-refractivity contribution < 1.29 is 15.0 Å². The molecule has 1 aromatic carbocycles. The Morgan fingerprint density at radius 1 is 1.36 bits per heavy atom. The third-order valence-electron chi connectivity index (χ3n) is 2.01. The molecule has 0 unspecified atom stereocenters. The summed E-state index contributed by atoms with van der Waals surface area (Å²) in [5.74, 6) is -1.20. The van der Waals surface area contributed by atoms with E-state index in [1.807, 2.05) is 0 Å². The Balaban J connectivity index is 2.56. The van der Waals surface area contributed by atoms with Crippen LogP contribution < -0.4 is 0 Å². The van der Waals surface area contributed by atoms with E-state index in [2.05, 4.69) is 0 Å². The Morgan fingerprint density at radius 3 is 2.18 bits per heavy atom. The minimum Gasteiger partial charge on any atom is -0.479 e. The standard InChI is InChI=1S/C8H6O3/c9-7(10)8(11)5-2-1-3-6(8)4-5/h1-4,11H,(H,9,10). The molecule has 2 N–H and O–H groups in total. The monoisotopic (exact) mass is 150 g/mol. The number of hydrogen-bond donors (Lipinski definition) is 2. The van der Waals surface area contributed by atoms with Gasteiger partial charge in [-0.3, -0.25) is 0 Å². The Morgan fingerprint density at radius 2 is 1.91 bits per heavy atom. The Hall–Kier alpha value is -1.35. The molecule has 0 aromatic heterocycles. The zero-order valence-corrected chi connectivity index (χ0v) is 5.61. The molecule has 2 aliphatic carbocycles. The first-order valence-corrected chi connectivity index (χ1v) is 3.22. The zero-order chi connectivity index (χ0) is 8.06. The van der Waals surface area contributed by atoms with Crippen molar-refractivity contribution >= 4 is 5.97 Å². The van der Waals surface area contributed by atoms with E-state index >= 15 is 0 Å². The highest BCUT2D eigenvalue weighted by molar-refractivity contribution is 5.87. The normalized spacial score (nSPS) is 17.2. The summed E-state index contributed by atoms with van der Waals surface area (Å²) in [6.07, 6.45) is 0. The van der Waals surface area contributed by atoms with Gasteiger partial charge in [-0.25, -0.2) is 4.79 Å². The van der Waals surface area contributed by atoms with Gasteiger partial charge in [-0.05, 0) is 17.2 Å². The molecule has 3 heteroatoms. The predicted molar refractivity (Wildman–Crippen MR) is 37.1 cm³/mol. The van der Waals surface area contributed by atoms with Gasteiger partial charge >= 0.3 is 5.97 Å². The summed E-state index contributed by atoms with van der Waals surface area (Å²) in [6.45, 7) is 0. The maximum Gasteiger partial charge on any atom is 0.345 e. The first-order valence-electron chi connectivity index (χ1n) is 3.22. The van der Waals surface area contributed by atoms with Crippen LogP contribution in [0.1, 0.15) is 11.1 Å². The molecular weight excluding hydrogens is 144 g/mol. The molecule has 3 nitrogen and oxygen atoms in total. The summed E-state index contributed by atoms with van der Waals surface area (Å²) in [7, 11) is 0. The summed E-state index contributed by atoms with van der Waals surface area (Å²) in [5, 5.41) is 18.1. The van der Waals surface area contributed by atoms with Crippen LogP contribution in [0.25, 0.3) is 0 Å². The number of hydrogen-bond acceptors (Lipinski definition) is 2. The van der Waals surface area contributed by atoms with Gasteiger partial charge in [-0.2, -0.15) is 0 Å². The molecule has 0 amide bonds. The lowest BCUT2D eigenvalue weighted by molar-refractivity contribution is -0.156. The molecule has 0 atom stereocenters. The first kappa shape index (κ1) is 6.37. The van der Waals surface area contributed by atoms with Crippen LogP contribution in [-0.2, 0) is 10.4 Å². The topological polar surface area (TPSA) is 57.5 Å². The molecular formula is C8H6O3. The lowest BCUT2D eigenvalue weighted by atomic mass is 9.76. The lowest BCUT2D eigenvalue weighted by Crippen LogP contribution is -2.42. The van der Waals surface area contributed by atoms with Crippen LogP contribution in [0.15, 0.2) is 24.3 Å². The Kier molecular flexibility index (Phi) is 0.940. The minimum absolute atomic E-state index is 0.461. The van der Waals surface area contributed by atoms with Crippen LogP contribution in [0.4, 0.5) is 0 Å². The van der Waals surface area contributed by atoms with Crippen molar-refractivity contribution in [3.05, 3.63) is 35.4 Å². The number of carboxylic acid groups (broad SMARTS) is 1. The summed E-state index contributed by atoms with van der Waals surface area (Å²) in [4.78, 5) is 10.6. The minimum atomic E-state index is -1.71. The van der Waals surface area contributed by atoms with E-state index in [0.717, 1.165) is 0 Å². The van der Waals surface area contributed by atoms with E-state index in [9.17, 15) is 9.90 Å². The van der Waals surface area contributed by atoms with Gasteiger partial charge in [0.05, 0.1) is 0 Å². The molecule has 56 valence electrons. The van der Waals surface area contributed by atoms with Gasteiger partial charge in [0.15, 0.2) is 0 Å². The predicted octanol–water partition coefficient (Wildman–Crippen LogP) is 0.321. The second-order valence-corrected chi connectivity index (χ2v) is 2.60. The Labute approximate surface area is 62.9 Å². The summed E-state index contributed by atoms with van der Waals surface area (Å²) in [6, 6.07) is 6.58. The van der Waals surface area contributed by atoms with Gasteiger partial charge in [-0.1, -0.05) is 18.2 Å². The zero-order valence-electron chi connectivity index (χ0n) is 5.61. The maximum atomic E-state index is 10.6. The van der Waals surface area contributed by atoms with Crippen LogP contribution in [0, 0.1) is 0 Å². The van der Waals surface area contributed by atoms with E-state index in [1.165, 1.54) is 0 Å². The SMILES string of the molecule is O=C(O)C1(O)c2cccc1c2. The summed E-state index contributed by atoms with van der Waals surface area (Å²) >= 11 is 0. The maximum absolute atomic E-state index is 10.6. The van der Waals surface area contributed by atoms with Crippen molar-refractivity contribution in [3.63, 3.8) is 0 Å². The van der Waals surface area contributed by atoms with Crippen molar-refractivity contribution in [2.75, 3.05) is 0 Å². The summed E-state index contributed by atoms with van der Waals surface area (Å²) in [5.41, 5.74) is -0.792. The summed E-state index contributed by atoms with van der Waals surface area (Å²) < 4.78 is 0. The number of benzene rings is 1. The van der Waals surface area contributed by atoms with Gasteiger partial charge in [0.1, 0.15) is 0 Å². The molecule has 3 rings (SSSR count). The van der Waals surface area contributed by atoms with E-state index in [1.54, 1.807) is 24.3 Å². The fraction of sp³-hybridized carbons (Fsp3) is 0.125. The highest BCUT2D eigenvalue weighted by Crippen LogP contribution is 2.38. The van der Waals surface area contributed by atoms with Gasteiger partial charge in [0.25, 0.3) is 0 Å². The fourth-order valence-electron chi connectivity index (χ4n) is 1.31. The number of aliphatic hydroxyl groups is 1. The Bertz CT molecular complexity index is 303. The molecule has 0 saturated heterocycles. The van der Waals surface area contributed by atoms with E-state index in [0.29, 0.717) is 11.1 Å². The molecule has 11 heavy (non-hydrogen) atoms. The van der Waals surface area contributed by atoms with Crippen molar-refractivity contribution in [1.82, 2.24) is 0 Å². The highest BCUT2D eigenvalue weighted by atomic mass is 16.4. The first-order chi connectivity index (χ1) is 5.15.